The van der Waals surface area contributed by atoms with Gasteiger partial charge >= 0.3 is 5.97 Å². The number of benzene rings is 1. The van der Waals surface area contributed by atoms with Crippen LogP contribution in [0.25, 0.3) is 45.9 Å². The normalized spacial score (nSPS) is 12.2. The van der Waals surface area contributed by atoms with Crippen molar-refractivity contribution < 1.29 is 29.4 Å². The number of aromatic nitrogens is 4. The van der Waals surface area contributed by atoms with Crippen LogP contribution in [-0.4, -0.2) is 31.0 Å². The van der Waals surface area contributed by atoms with E-state index in [1.165, 1.54) is 0 Å². The second kappa shape index (κ2) is 8.69. The Morgan fingerprint density at radius 3 is 1.76 bits per heavy atom. The van der Waals surface area contributed by atoms with E-state index >= 15 is 0 Å². The van der Waals surface area contributed by atoms with Gasteiger partial charge in [0, 0.05) is 47.1 Å². The van der Waals surface area contributed by atoms with Crippen molar-refractivity contribution in [1.82, 2.24) is 19.9 Å². The van der Waals surface area contributed by atoms with Crippen LogP contribution >= 0.6 is 0 Å². The fourth-order valence-corrected chi connectivity index (χ4v) is 4.04. The summed E-state index contributed by atoms with van der Waals surface area (Å²) in [5.74, 6) is -0.943. The van der Waals surface area contributed by atoms with Crippen LogP contribution in [0.5, 0.6) is 0 Å². The van der Waals surface area contributed by atoms with E-state index in [1.54, 1.807) is 12.1 Å². The standard InChI is InChI=1S/C27H18N4O2.Zn/c32-27(33)17-3-1-16(2-4-17)25-14-24-13-22-8-7-20(29-22)11-18-5-6-19(28-18)12-21-9-10-23(30-21)15-26(25)31-24;/h1-15,29-30H,(H,32,33);. The minimum absolute atomic E-state index is 0. The third-order valence-corrected chi connectivity index (χ3v) is 5.61. The second-order valence-corrected chi connectivity index (χ2v) is 7.97. The topological polar surface area (TPSA) is 94.7 Å². The summed E-state index contributed by atoms with van der Waals surface area (Å²) in [5.41, 5.74) is 9.24. The van der Waals surface area contributed by atoms with Crippen molar-refractivity contribution in [3.05, 3.63) is 107 Å². The van der Waals surface area contributed by atoms with Gasteiger partial charge in [-0.05, 0) is 84.5 Å². The zero-order valence-electron chi connectivity index (χ0n) is 18.1. The van der Waals surface area contributed by atoms with E-state index in [2.05, 4.69) is 15.0 Å². The number of nitrogens with zero attached hydrogens (tertiary/aromatic N) is 2. The summed E-state index contributed by atoms with van der Waals surface area (Å²) in [7, 11) is 0. The van der Waals surface area contributed by atoms with Crippen molar-refractivity contribution >= 4 is 51.8 Å². The van der Waals surface area contributed by atoms with Crippen LogP contribution in [0.4, 0.5) is 0 Å². The predicted octanol–water partition coefficient (Wildman–Crippen LogP) is 5.77. The largest absolute Gasteiger partial charge is 0.478 e. The molecule has 0 fully saturated rings. The molecule has 2 aliphatic heterocycles. The quantitative estimate of drug-likeness (QED) is 0.266. The molecule has 0 saturated carbocycles. The number of carboxylic acid groups (broad SMARTS) is 1. The molecule has 6 rings (SSSR count). The number of carboxylic acids is 1. The molecule has 0 unspecified atom stereocenters. The zero-order chi connectivity index (χ0) is 22.4. The Kier molecular flexibility index (Phi) is 5.56. The summed E-state index contributed by atoms with van der Waals surface area (Å²) >= 11 is 0. The molecule has 6 nitrogen and oxygen atoms in total. The molecule has 0 spiro atoms. The van der Waals surface area contributed by atoms with Gasteiger partial charge in [-0.15, -0.1) is 0 Å². The molecule has 0 saturated heterocycles. The molecule has 3 aromatic heterocycles. The summed E-state index contributed by atoms with van der Waals surface area (Å²) in [6.07, 6.45) is 6.01. The minimum atomic E-state index is -0.943. The fraction of sp³-hybridized carbons (Fsp3) is 0. The van der Waals surface area contributed by atoms with Gasteiger partial charge < -0.3 is 15.1 Å². The summed E-state index contributed by atoms with van der Waals surface area (Å²) in [6.45, 7) is 0. The van der Waals surface area contributed by atoms with Crippen molar-refractivity contribution in [2.45, 2.75) is 0 Å². The Morgan fingerprint density at radius 1 is 0.676 bits per heavy atom. The van der Waals surface area contributed by atoms with E-state index in [1.807, 2.05) is 78.9 Å². The van der Waals surface area contributed by atoms with Gasteiger partial charge in [0.25, 0.3) is 0 Å². The molecule has 0 radical (unpaired) electrons. The van der Waals surface area contributed by atoms with Crippen LogP contribution in [0, 0.1) is 0 Å². The molecule has 8 bridgehead atoms. The van der Waals surface area contributed by atoms with E-state index < -0.39 is 5.97 Å². The molecule has 3 N–H and O–H groups in total. The number of H-pyrrole nitrogens is 2. The van der Waals surface area contributed by atoms with Crippen LogP contribution in [0.3, 0.4) is 0 Å². The maximum Gasteiger partial charge on any atom is 0.335 e. The molecule has 5 heterocycles. The molecule has 34 heavy (non-hydrogen) atoms. The number of aromatic carboxylic acids is 1. The average molecular weight is 496 g/mol. The predicted molar refractivity (Wildman–Crippen MR) is 130 cm³/mol. The zero-order valence-corrected chi connectivity index (χ0v) is 21.1. The van der Waals surface area contributed by atoms with Crippen LogP contribution in [0.1, 0.15) is 38.7 Å². The van der Waals surface area contributed by atoms with Crippen molar-refractivity contribution in [2.24, 2.45) is 0 Å². The summed E-state index contributed by atoms with van der Waals surface area (Å²) in [6, 6.07) is 22.9. The fourth-order valence-electron chi connectivity index (χ4n) is 4.04. The minimum Gasteiger partial charge on any atom is -0.478 e. The molecule has 0 aliphatic carbocycles. The van der Waals surface area contributed by atoms with Gasteiger partial charge in [-0.3, -0.25) is 0 Å². The third-order valence-electron chi connectivity index (χ3n) is 5.61. The van der Waals surface area contributed by atoms with E-state index in [9.17, 15) is 9.90 Å². The molecule has 7 heteroatoms. The Bertz CT molecular complexity index is 1640. The van der Waals surface area contributed by atoms with Gasteiger partial charge in [0.15, 0.2) is 0 Å². The van der Waals surface area contributed by atoms with Gasteiger partial charge in [-0.25, -0.2) is 14.8 Å². The monoisotopic (exact) mass is 494 g/mol. The average Bonchev–Trinajstić information content (AvgIpc) is 3.59. The first-order valence-electron chi connectivity index (χ1n) is 10.5. The van der Waals surface area contributed by atoms with Crippen molar-refractivity contribution in [3.8, 4) is 0 Å². The molecule has 4 aromatic rings. The van der Waals surface area contributed by atoms with Crippen LogP contribution < -0.4 is 0 Å². The number of rotatable bonds is 2. The van der Waals surface area contributed by atoms with E-state index in [4.69, 9.17) is 4.98 Å². The Morgan fingerprint density at radius 2 is 1.21 bits per heavy atom. The Hall–Kier alpha value is -4.09. The van der Waals surface area contributed by atoms with Crippen molar-refractivity contribution in [2.75, 3.05) is 0 Å². The number of hydrogen-bond acceptors (Lipinski definition) is 3. The second-order valence-electron chi connectivity index (χ2n) is 7.97. The molecule has 2 aliphatic rings. The van der Waals surface area contributed by atoms with Crippen LogP contribution in [0.2, 0.25) is 0 Å². The molecular formula is C27H18N4O2Zn. The Balaban J connectivity index is 0.00000241. The molecule has 1 aromatic carbocycles. The van der Waals surface area contributed by atoms with Gasteiger partial charge in [-0.2, -0.15) is 0 Å². The number of hydrogen-bond donors (Lipinski definition) is 3. The van der Waals surface area contributed by atoms with E-state index in [0.717, 1.165) is 56.0 Å². The SMILES string of the molecule is O=C(O)c1ccc(C2=Cc3cc4ccc(cc5nc(cc6ccc(cc2n3)[nH]6)C=C5)[nH]4)cc1.[Zn]. The van der Waals surface area contributed by atoms with Gasteiger partial charge in [0.2, 0.25) is 0 Å². The van der Waals surface area contributed by atoms with Gasteiger partial charge in [-0.1, -0.05) is 12.1 Å². The first kappa shape index (κ1) is 21.7. The van der Waals surface area contributed by atoms with E-state index in [-0.39, 0.29) is 25.0 Å². The molecular weight excluding hydrogens is 478 g/mol. The third kappa shape index (κ3) is 4.26. The van der Waals surface area contributed by atoms with E-state index in [0.29, 0.717) is 0 Å². The number of aromatic amines is 2. The smallest absolute Gasteiger partial charge is 0.335 e. The van der Waals surface area contributed by atoms with Crippen molar-refractivity contribution in [3.63, 3.8) is 0 Å². The summed E-state index contributed by atoms with van der Waals surface area (Å²) in [5, 5.41) is 9.23. The van der Waals surface area contributed by atoms with Crippen molar-refractivity contribution in [1.29, 1.82) is 0 Å². The number of fused-ring (bicyclic) bond motifs is 8. The maximum atomic E-state index is 11.2. The van der Waals surface area contributed by atoms with Gasteiger partial charge in [0.1, 0.15) is 0 Å². The first-order chi connectivity index (χ1) is 16.1. The van der Waals surface area contributed by atoms with Crippen LogP contribution in [0.15, 0.2) is 72.8 Å². The first-order valence-corrected chi connectivity index (χ1v) is 10.5. The molecule has 0 amide bonds. The number of nitrogens with one attached hydrogen (secondary N) is 2. The molecule has 160 valence electrons. The van der Waals surface area contributed by atoms with Crippen LogP contribution in [-0.2, 0) is 19.5 Å². The molecule has 0 atom stereocenters. The Labute approximate surface area is 207 Å². The maximum absolute atomic E-state index is 11.2. The summed E-state index contributed by atoms with van der Waals surface area (Å²) < 4.78 is 0. The van der Waals surface area contributed by atoms with Gasteiger partial charge in [0.05, 0.1) is 28.3 Å². The summed E-state index contributed by atoms with van der Waals surface area (Å²) in [4.78, 5) is 27.6. The number of carbonyl (C=O) groups is 1.